The monoisotopic (exact) mass is 411 g/mol. The van der Waals surface area contributed by atoms with Gasteiger partial charge in [0.15, 0.2) is 9.84 Å². The van der Waals surface area contributed by atoms with E-state index in [9.17, 15) is 18.0 Å². The molecule has 0 saturated carbocycles. The number of carbonyl (C=O) groups excluding carboxylic acids is 2. The van der Waals surface area contributed by atoms with Crippen LogP contribution in [0.2, 0.25) is 0 Å². The summed E-state index contributed by atoms with van der Waals surface area (Å²) in [5.74, 6) is -0.255. The molecule has 156 valence electrons. The van der Waals surface area contributed by atoms with Crippen molar-refractivity contribution >= 4 is 21.8 Å². The second-order valence-electron chi connectivity index (χ2n) is 8.10. The summed E-state index contributed by atoms with van der Waals surface area (Å²) in [4.78, 5) is 28.9. The molecule has 1 aromatic carbocycles. The van der Waals surface area contributed by atoms with Gasteiger partial charge in [-0.05, 0) is 46.0 Å². The van der Waals surface area contributed by atoms with E-state index < -0.39 is 21.5 Å². The molecule has 0 radical (unpaired) electrons. The van der Waals surface area contributed by atoms with Crippen molar-refractivity contribution in [1.29, 1.82) is 0 Å². The minimum atomic E-state index is -3.40. The predicted molar refractivity (Wildman–Crippen MR) is 106 cm³/mol. The fraction of sp³-hybridized carbons (Fsp3) is 0.579. The quantitative estimate of drug-likeness (QED) is 0.804. The van der Waals surface area contributed by atoms with Gasteiger partial charge in [-0.3, -0.25) is 4.79 Å². The van der Waals surface area contributed by atoms with Gasteiger partial charge in [-0.2, -0.15) is 0 Å². The van der Waals surface area contributed by atoms with Gasteiger partial charge < -0.3 is 19.9 Å². The summed E-state index contributed by atoms with van der Waals surface area (Å²) in [7, 11) is -1.45. The summed E-state index contributed by atoms with van der Waals surface area (Å²) in [5, 5.41) is 2.72. The molecule has 0 aliphatic carbocycles. The molecule has 0 aromatic heterocycles. The van der Waals surface area contributed by atoms with E-state index in [1.165, 1.54) is 12.1 Å². The zero-order valence-electron chi connectivity index (χ0n) is 17.1. The SMILES string of the molecule is CN1CCN(C(=O)c2cccc(S(C)(=O)=O)c2)[C@@H](CNC(=O)OC(C)(C)C)C1. The Labute approximate surface area is 166 Å². The number of amides is 2. The van der Waals surface area contributed by atoms with Crippen molar-refractivity contribution in [2.75, 3.05) is 39.5 Å². The number of carbonyl (C=O) groups is 2. The van der Waals surface area contributed by atoms with Gasteiger partial charge in [0.05, 0.1) is 10.9 Å². The third kappa shape index (κ3) is 6.20. The van der Waals surface area contributed by atoms with Gasteiger partial charge in [-0.1, -0.05) is 6.07 Å². The molecule has 1 aliphatic rings. The molecule has 9 heteroatoms. The summed E-state index contributed by atoms with van der Waals surface area (Å²) in [6, 6.07) is 5.79. The van der Waals surface area contributed by atoms with E-state index in [0.29, 0.717) is 25.2 Å². The van der Waals surface area contributed by atoms with Gasteiger partial charge >= 0.3 is 6.09 Å². The highest BCUT2D eigenvalue weighted by atomic mass is 32.2. The van der Waals surface area contributed by atoms with Crippen LogP contribution in [0.1, 0.15) is 31.1 Å². The Morgan fingerprint density at radius 3 is 2.54 bits per heavy atom. The van der Waals surface area contributed by atoms with Crippen molar-refractivity contribution in [2.45, 2.75) is 37.3 Å². The first-order chi connectivity index (χ1) is 12.9. The van der Waals surface area contributed by atoms with Gasteiger partial charge in [0, 0.05) is 38.0 Å². The third-order valence-corrected chi connectivity index (χ3v) is 5.45. The number of benzene rings is 1. The number of piperazine rings is 1. The summed E-state index contributed by atoms with van der Waals surface area (Å²) in [5.41, 5.74) is -0.288. The second kappa shape index (κ2) is 8.48. The van der Waals surface area contributed by atoms with E-state index in [4.69, 9.17) is 4.74 Å². The molecule has 0 unspecified atom stereocenters. The van der Waals surface area contributed by atoms with Crippen LogP contribution in [0.4, 0.5) is 4.79 Å². The molecule has 0 bridgehead atoms. The number of ether oxygens (including phenoxy) is 1. The van der Waals surface area contributed by atoms with Crippen molar-refractivity contribution in [3.8, 4) is 0 Å². The van der Waals surface area contributed by atoms with Crippen molar-refractivity contribution < 1.29 is 22.7 Å². The molecule has 1 aromatic rings. The number of rotatable bonds is 4. The van der Waals surface area contributed by atoms with E-state index in [-0.39, 0.29) is 23.4 Å². The van der Waals surface area contributed by atoms with Gasteiger partial charge in [0.2, 0.25) is 0 Å². The normalized spacial score (nSPS) is 18.6. The van der Waals surface area contributed by atoms with Crippen LogP contribution in [0.15, 0.2) is 29.2 Å². The summed E-state index contributed by atoms with van der Waals surface area (Å²) < 4.78 is 28.8. The maximum Gasteiger partial charge on any atom is 0.407 e. The van der Waals surface area contributed by atoms with Crippen molar-refractivity contribution in [3.05, 3.63) is 29.8 Å². The van der Waals surface area contributed by atoms with Crippen LogP contribution in [-0.2, 0) is 14.6 Å². The van der Waals surface area contributed by atoms with Crippen LogP contribution < -0.4 is 5.32 Å². The lowest BCUT2D eigenvalue weighted by atomic mass is 10.1. The molecule has 1 fully saturated rings. The number of alkyl carbamates (subject to hydrolysis) is 1. The highest BCUT2D eigenvalue weighted by Crippen LogP contribution is 2.17. The number of nitrogens with zero attached hydrogens (tertiary/aromatic N) is 2. The Morgan fingerprint density at radius 1 is 1.25 bits per heavy atom. The zero-order valence-corrected chi connectivity index (χ0v) is 17.9. The van der Waals surface area contributed by atoms with Gasteiger partial charge in [0.25, 0.3) is 5.91 Å². The first-order valence-electron chi connectivity index (χ1n) is 9.13. The molecule has 1 atom stereocenters. The third-order valence-electron chi connectivity index (χ3n) is 4.34. The highest BCUT2D eigenvalue weighted by molar-refractivity contribution is 7.90. The first-order valence-corrected chi connectivity index (χ1v) is 11.0. The number of hydrogen-bond acceptors (Lipinski definition) is 6. The lowest BCUT2D eigenvalue weighted by Crippen LogP contribution is -2.58. The zero-order chi connectivity index (χ0) is 21.1. The fourth-order valence-electron chi connectivity index (χ4n) is 2.99. The van der Waals surface area contributed by atoms with E-state index in [2.05, 4.69) is 10.2 Å². The lowest BCUT2D eigenvalue weighted by molar-refractivity contribution is 0.0403. The van der Waals surface area contributed by atoms with Crippen molar-refractivity contribution in [3.63, 3.8) is 0 Å². The molecule has 1 heterocycles. The standard InChI is InChI=1S/C19H29N3O5S/c1-19(2,3)27-18(24)20-12-15-13-21(4)9-10-22(15)17(23)14-7-6-8-16(11-14)28(5,25)26/h6-8,11,15H,9-10,12-13H2,1-5H3,(H,20,24)/t15-/m0/s1. The van der Waals surface area contributed by atoms with Gasteiger partial charge in [0.1, 0.15) is 5.60 Å². The molecular weight excluding hydrogens is 382 g/mol. The molecule has 1 N–H and O–H groups in total. The minimum absolute atomic E-state index is 0.107. The minimum Gasteiger partial charge on any atom is -0.444 e. The lowest BCUT2D eigenvalue weighted by Gasteiger charge is -2.40. The molecule has 1 aliphatic heterocycles. The second-order valence-corrected chi connectivity index (χ2v) is 10.1. The van der Waals surface area contributed by atoms with Crippen LogP contribution in [0.3, 0.4) is 0 Å². The molecule has 28 heavy (non-hydrogen) atoms. The van der Waals surface area contributed by atoms with E-state index in [0.717, 1.165) is 6.26 Å². The summed E-state index contributed by atoms with van der Waals surface area (Å²) >= 11 is 0. The first kappa shape index (κ1) is 22.2. The molecule has 1 saturated heterocycles. The van der Waals surface area contributed by atoms with Crippen molar-refractivity contribution in [2.24, 2.45) is 0 Å². The maximum atomic E-state index is 13.0. The fourth-order valence-corrected chi connectivity index (χ4v) is 3.66. The summed E-state index contributed by atoms with van der Waals surface area (Å²) in [6.07, 6.45) is 0.576. The van der Waals surface area contributed by atoms with Crippen LogP contribution >= 0.6 is 0 Å². The van der Waals surface area contributed by atoms with Crippen LogP contribution in [-0.4, -0.2) is 81.3 Å². The Balaban J connectivity index is 2.15. The Morgan fingerprint density at radius 2 is 1.93 bits per heavy atom. The van der Waals surface area contributed by atoms with Crippen LogP contribution in [0.25, 0.3) is 0 Å². The smallest absolute Gasteiger partial charge is 0.407 e. The number of hydrogen-bond donors (Lipinski definition) is 1. The molecule has 8 nitrogen and oxygen atoms in total. The van der Waals surface area contributed by atoms with E-state index in [1.807, 2.05) is 7.05 Å². The topological polar surface area (TPSA) is 96.0 Å². The van der Waals surface area contributed by atoms with Crippen LogP contribution in [0.5, 0.6) is 0 Å². The number of nitrogens with one attached hydrogen (secondary N) is 1. The predicted octanol–water partition coefficient (Wildman–Crippen LogP) is 1.37. The molecular formula is C19H29N3O5S. The average molecular weight is 412 g/mol. The van der Waals surface area contributed by atoms with Gasteiger partial charge in [-0.25, -0.2) is 13.2 Å². The molecule has 2 amide bonds. The Bertz CT molecular complexity index is 832. The molecule has 2 rings (SSSR count). The van der Waals surface area contributed by atoms with Crippen molar-refractivity contribution in [1.82, 2.24) is 15.1 Å². The summed E-state index contributed by atoms with van der Waals surface area (Å²) in [6.45, 7) is 7.37. The van der Waals surface area contributed by atoms with E-state index in [1.54, 1.807) is 37.8 Å². The Hall–Kier alpha value is -2.13. The molecule has 0 spiro atoms. The number of sulfone groups is 1. The average Bonchev–Trinajstić information content (AvgIpc) is 2.57. The Kier molecular flexibility index (Phi) is 6.71. The van der Waals surface area contributed by atoms with Gasteiger partial charge in [-0.15, -0.1) is 0 Å². The van der Waals surface area contributed by atoms with E-state index >= 15 is 0 Å². The maximum absolute atomic E-state index is 13.0. The highest BCUT2D eigenvalue weighted by Gasteiger charge is 2.31. The van der Waals surface area contributed by atoms with Crippen LogP contribution in [0, 0.1) is 0 Å². The number of likely N-dealkylation sites (N-methyl/N-ethyl adjacent to an activating group) is 1. The largest absolute Gasteiger partial charge is 0.444 e.